The smallest absolute Gasteiger partial charge is 0.0693 e. The lowest BCUT2D eigenvalue weighted by molar-refractivity contribution is 0.548. The van der Waals surface area contributed by atoms with Gasteiger partial charge in [-0.3, -0.25) is 0 Å². The SMILES string of the molecule is Cc1nn(-c2cccc(Cl)c2C)c2c1C(CN)CCC2. The lowest BCUT2D eigenvalue weighted by Crippen LogP contribution is -2.19. The molecular weight excluding hydrogens is 270 g/mol. The molecule has 2 N–H and O–H groups in total. The number of fused-ring (bicyclic) bond motifs is 1. The van der Waals surface area contributed by atoms with Crippen LogP contribution in [0.1, 0.15) is 41.3 Å². The molecule has 106 valence electrons. The van der Waals surface area contributed by atoms with Crippen molar-refractivity contribution < 1.29 is 0 Å². The normalized spacial score (nSPS) is 18.1. The van der Waals surface area contributed by atoms with Crippen molar-refractivity contribution in [1.82, 2.24) is 9.78 Å². The molecule has 1 atom stereocenters. The van der Waals surface area contributed by atoms with Gasteiger partial charge in [-0.05, 0) is 63.3 Å². The van der Waals surface area contributed by atoms with Crippen LogP contribution in [0.5, 0.6) is 0 Å². The molecule has 1 heterocycles. The van der Waals surface area contributed by atoms with E-state index >= 15 is 0 Å². The molecule has 3 rings (SSSR count). The minimum atomic E-state index is 0.451. The van der Waals surface area contributed by atoms with Crippen LogP contribution in [-0.4, -0.2) is 16.3 Å². The quantitative estimate of drug-likeness (QED) is 0.919. The number of rotatable bonds is 2. The van der Waals surface area contributed by atoms with E-state index in [-0.39, 0.29) is 0 Å². The molecule has 4 heteroatoms. The van der Waals surface area contributed by atoms with E-state index in [2.05, 4.69) is 17.7 Å². The van der Waals surface area contributed by atoms with Crippen molar-refractivity contribution in [3.05, 3.63) is 45.7 Å². The van der Waals surface area contributed by atoms with Crippen molar-refractivity contribution in [2.24, 2.45) is 5.73 Å². The molecule has 0 fully saturated rings. The molecule has 0 bridgehead atoms. The summed E-state index contributed by atoms with van der Waals surface area (Å²) < 4.78 is 2.08. The molecule has 1 unspecified atom stereocenters. The maximum atomic E-state index is 6.25. The highest BCUT2D eigenvalue weighted by molar-refractivity contribution is 6.31. The molecule has 0 saturated heterocycles. The maximum Gasteiger partial charge on any atom is 0.0693 e. The molecule has 1 aliphatic carbocycles. The van der Waals surface area contributed by atoms with E-state index in [4.69, 9.17) is 22.4 Å². The summed E-state index contributed by atoms with van der Waals surface area (Å²) in [5, 5.41) is 5.55. The average Bonchev–Trinajstić information content (AvgIpc) is 2.79. The van der Waals surface area contributed by atoms with E-state index in [1.54, 1.807) is 0 Å². The summed E-state index contributed by atoms with van der Waals surface area (Å²) >= 11 is 6.25. The summed E-state index contributed by atoms with van der Waals surface area (Å²) in [6, 6.07) is 5.99. The highest BCUT2D eigenvalue weighted by Crippen LogP contribution is 2.35. The Morgan fingerprint density at radius 2 is 2.20 bits per heavy atom. The first-order chi connectivity index (χ1) is 9.63. The van der Waals surface area contributed by atoms with E-state index in [9.17, 15) is 0 Å². The predicted octanol–water partition coefficient (Wildman–Crippen LogP) is 3.52. The van der Waals surface area contributed by atoms with E-state index < -0.39 is 0 Å². The van der Waals surface area contributed by atoms with Gasteiger partial charge in [0.2, 0.25) is 0 Å². The van der Waals surface area contributed by atoms with Crippen LogP contribution in [0.2, 0.25) is 5.02 Å². The van der Waals surface area contributed by atoms with Crippen molar-refractivity contribution in [2.45, 2.75) is 39.0 Å². The topological polar surface area (TPSA) is 43.8 Å². The third kappa shape index (κ3) is 2.05. The molecule has 2 aromatic rings. The number of nitrogens with zero attached hydrogens (tertiary/aromatic N) is 2. The third-order valence-corrected chi connectivity index (χ3v) is 4.74. The first-order valence-electron chi connectivity index (χ1n) is 7.17. The minimum Gasteiger partial charge on any atom is -0.330 e. The zero-order chi connectivity index (χ0) is 14.3. The van der Waals surface area contributed by atoms with Crippen molar-refractivity contribution >= 4 is 11.6 Å². The zero-order valence-electron chi connectivity index (χ0n) is 12.0. The van der Waals surface area contributed by atoms with E-state index in [1.165, 1.54) is 24.1 Å². The van der Waals surface area contributed by atoms with E-state index in [0.29, 0.717) is 12.5 Å². The summed E-state index contributed by atoms with van der Waals surface area (Å²) in [6.45, 7) is 4.83. The largest absolute Gasteiger partial charge is 0.330 e. The Hall–Kier alpha value is -1.32. The molecule has 1 aliphatic rings. The van der Waals surface area contributed by atoms with Crippen LogP contribution in [-0.2, 0) is 6.42 Å². The zero-order valence-corrected chi connectivity index (χ0v) is 12.7. The summed E-state index contributed by atoms with van der Waals surface area (Å²) in [5.41, 5.74) is 11.9. The summed E-state index contributed by atoms with van der Waals surface area (Å²) in [7, 11) is 0. The van der Waals surface area contributed by atoms with E-state index in [1.807, 2.05) is 19.1 Å². The molecule has 0 aliphatic heterocycles. The van der Waals surface area contributed by atoms with Crippen molar-refractivity contribution in [2.75, 3.05) is 6.54 Å². The molecule has 0 radical (unpaired) electrons. The molecule has 0 saturated carbocycles. The van der Waals surface area contributed by atoms with Gasteiger partial charge < -0.3 is 5.73 Å². The predicted molar refractivity (Wildman–Crippen MR) is 82.8 cm³/mol. The molecule has 20 heavy (non-hydrogen) atoms. The Balaban J connectivity index is 2.19. The number of halogens is 1. The fourth-order valence-electron chi connectivity index (χ4n) is 3.28. The Labute approximate surface area is 124 Å². The Morgan fingerprint density at radius 3 is 2.95 bits per heavy atom. The van der Waals surface area contributed by atoms with Gasteiger partial charge in [0.15, 0.2) is 0 Å². The number of hydrogen-bond donors (Lipinski definition) is 1. The van der Waals surface area contributed by atoms with Gasteiger partial charge in [0, 0.05) is 16.3 Å². The first kappa shape index (κ1) is 13.7. The van der Waals surface area contributed by atoms with E-state index in [0.717, 1.165) is 28.4 Å². The van der Waals surface area contributed by atoms with Crippen molar-refractivity contribution in [3.63, 3.8) is 0 Å². The third-order valence-electron chi connectivity index (χ3n) is 4.33. The van der Waals surface area contributed by atoms with Gasteiger partial charge in [-0.2, -0.15) is 5.10 Å². The van der Waals surface area contributed by atoms with Gasteiger partial charge in [0.05, 0.1) is 11.4 Å². The van der Waals surface area contributed by atoms with Gasteiger partial charge >= 0.3 is 0 Å². The summed E-state index contributed by atoms with van der Waals surface area (Å²) in [5.74, 6) is 0.451. The molecule has 3 nitrogen and oxygen atoms in total. The molecule has 0 amide bonds. The Kier molecular flexibility index (Phi) is 3.57. The van der Waals surface area contributed by atoms with Gasteiger partial charge in [0.25, 0.3) is 0 Å². The number of benzene rings is 1. The van der Waals surface area contributed by atoms with Crippen LogP contribution in [0.3, 0.4) is 0 Å². The number of nitrogens with two attached hydrogens (primary N) is 1. The van der Waals surface area contributed by atoms with Crippen LogP contribution < -0.4 is 5.73 Å². The number of aryl methyl sites for hydroxylation is 1. The maximum absolute atomic E-state index is 6.25. The molecular formula is C16H20ClN3. The second-order valence-corrected chi connectivity index (χ2v) is 5.97. The van der Waals surface area contributed by atoms with Gasteiger partial charge in [-0.1, -0.05) is 17.7 Å². The summed E-state index contributed by atoms with van der Waals surface area (Å²) in [6.07, 6.45) is 3.42. The van der Waals surface area contributed by atoms with Gasteiger partial charge in [0.1, 0.15) is 0 Å². The van der Waals surface area contributed by atoms with Crippen LogP contribution in [0.15, 0.2) is 18.2 Å². The average molecular weight is 290 g/mol. The van der Waals surface area contributed by atoms with Crippen LogP contribution in [0.25, 0.3) is 5.69 Å². The fraction of sp³-hybridized carbons (Fsp3) is 0.438. The Bertz CT molecular complexity index is 645. The lowest BCUT2D eigenvalue weighted by atomic mass is 9.85. The minimum absolute atomic E-state index is 0.451. The fourth-order valence-corrected chi connectivity index (χ4v) is 3.45. The lowest BCUT2D eigenvalue weighted by Gasteiger charge is -2.22. The number of aromatic nitrogens is 2. The molecule has 1 aromatic heterocycles. The highest BCUT2D eigenvalue weighted by Gasteiger charge is 2.27. The molecule has 0 spiro atoms. The number of hydrogen-bond acceptors (Lipinski definition) is 2. The van der Waals surface area contributed by atoms with Crippen LogP contribution in [0, 0.1) is 13.8 Å². The van der Waals surface area contributed by atoms with Gasteiger partial charge in [-0.15, -0.1) is 0 Å². The van der Waals surface area contributed by atoms with Gasteiger partial charge in [-0.25, -0.2) is 4.68 Å². The standard InChI is InChI=1S/C16H20ClN3/c1-10-13(17)6-4-7-14(10)20-15-8-3-5-12(9-18)16(15)11(2)19-20/h4,6-7,12H,3,5,8-9,18H2,1-2H3. The summed E-state index contributed by atoms with van der Waals surface area (Å²) in [4.78, 5) is 0. The first-order valence-corrected chi connectivity index (χ1v) is 7.55. The monoisotopic (exact) mass is 289 g/mol. The molecule has 1 aromatic carbocycles. The second-order valence-electron chi connectivity index (χ2n) is 5.57. The second kappa shape index (κ2) is 5.23. The van der Waals surface area contributed by atoms with Crippen molar-refractivity contribution in [1.29, 1.82) is 0 Å². The van der Waals surface area contributed by atoms with Crippen molar-refractivity contribution in [3.8, 4) is 5.69 Å². The Morgan fingerprint density at radius 1 is 1.40 bits per heavy atom. The van der Waals surface area contributed by atoms with Crippen LogP contribution >= 0.6 is 11.6 Å². The highest BCUT2D eigenvalue weighted by atomic mass is 35.5. The van der Waals surface area contributed by atoms with Crippen LogP contribution in [0.4, 0.5) is 0 Å².